The summed E-state index contributed by atoms with van der Waals surface area (Å²) in [7, 11) is 1.13. The number of aromatic hydroxyl groups is 1. The number of esters is 1. The van der Waals surface area contributed by atoms with Crippen molar-refractivity contribution in [3.63, 3.8) is 0 Å². The molecule has 1 N–H and O–H groups in total. The topological polar surface area (TPSA) is 55.8 Å². The minimum atomic E-state index is -4.62. The predicted octanol–water partition coefficient (Wildman–Crippen LogP) is 2.53. The second kappa shape index (κ2) is 6.60. The number of ether oxygens (including phenoxy) is 2. The van der Waals surface area contributed by atoms with Gasteiger partial charge in [-0.1, -0.05) is 6.07 Å². The Bertz CT molecular complexity index is 471. The summed E-state index contributed by atoms with van der Waals surface area (Å²) in [5, 5.41) is 9.17. The fraction of sp³-hybridized carbons (Fsp3) is 0.462. The first-order valence-electron chi connectivity index (χ1n) is 5.88. The maximum absolute atomic E-state index is 12.9. The summed E-state index contributed by atoms with van der Waals surface area (Å²) >= 11 is 0. The fourth-order valence-electron chi connectivity index (χ4n) is 1.75. The summed E-state index contributed by atoms with van der Waals surface area (Å²) in [5.74, 6) is -1.24. The lowest BCUT2D eigenvalue weighted by Gasteiger charge is -2.18. The van der Waals surface area contributed by atoms with Gasteiger partial charge in [0, 0.05) is 13.0 Å². The van der Waals surface area contributed by atoms with E-state index in [1.165, 1.54) is 0 Å². The van der Waals surface area contributed by atoms with Crippen LogP contribution in [0.25, 0.3) is 0 Å². The number of phenolic OH excluding ortho intramolecular Hbond substituents is 1. The molecule has 1 aromatic rings. The van der Waals surface area contributed by atoms with Gasteiger partial charge in [0.05, 0.1) is 12.7 Å². The molecule has 0 heterocycles. The van der Waals surface area contributed by atoms with E-state index in [0.717, 1.165) is 19.2 Å². The molecule has 0 aliphatic heterocycles. The van der Waals surface area contributed by atoms with Crippen LogP contribution in [0.2, 0.25) is 0 Å². The molecule has 1 rings (SSSR count). The third-order valence-electron chi connectivity index (χ3n) is 2.64. The van der Waals surface area contributed by atoms with Crippen LogP contribution in [0.4, 0.5) is 13.2 Å². The largest absolute Gasteiger partial charge is 0.508 e. The lowest BCUT2D eigenvalue weighted by molar-refractivity contribution is -0.154. The Morgan fingerprint density at radius 3 is 2.55 bits per heavy atom. The Hall–Kier alpha value is -1.76. The molecule has 0 saturated heterocycles. The standard InChI is InChI=1S/C13H15F3O4/c1-3-20-11(12(18)19-2)6-8-4-5-9(17)7-10(8)13(14,15)16/h4-5,7,11,17H,3,6H2,1-2H3/t11-/m0/s1. The summed E-state index contributed by atoms with van der Waals surface area (Å²) in [6.45, 7) is 1.79. The summed E-state index contributed by atoms with van der Waals surface area (Å²) in [6.07, 6.45) is -6.02. The number of methoxy groups -OCH3 is 1. The van der Waals surface area contributed by atoms with Crippen molar-refractivity contribution in [2.45, 2.75) is 25.6 Å². The lowest BCUT2D eigenvalue weighted by atomic mass is 10.0. The highest BCUT2D eigenvalue weighted by Gasteiger charge is 2.35. The Morgan fingerprint density at radius 1 is 1.40 bits per heavy atom. The second-order valence-corrected chi connectivity index (χ2v) is 4.01. The van der Waals surface area contributed by atoms with E-state index in [1.54, 1.807) is 6.92 Å². The highest BCUT2D eigenvalue weighted by atomic mass is 19.4. The molecule has 1 aromatic carbocycles. The van der Waals surface area contributed by atoms with Crippen LogP contribution in [-0.2, 0) is 26.9 Å². The van der Waals surface area contributed by atoms with Gasteiger partial charge < -0.3 is 14.6 Å². The number of carbonyl (C=O) groups excluding carboxylic acids is 1. The molecule has 0 unspecified atom stereocenters. The van der Waals surface area contributed by atoms with Crippen molar-refractivity contribution in [2.24, 2.45) is 0 Å². The Morgan fingerprint density at radius 2 is 2.05 bits per heavy atom. The van der Waals surface area contributed by atoms with Gasteiger partial charge in [0.25, 0.3) is 0 Å². The van der Waals surface area contributed by atoms with Crippen LogP contribution in [0.5, 0.6) is 5.75 Å². The van der Waals surface area contributed by atoms with Crippen LogP contribution in [-0.4, -0.2) is 30.9 Å². The van der Waals surface area contributed by atoms with Gasteiger partial charge in [-0.05, 0) is 24.6 Å². The van der Waals surface area contributed by atoms with Gasteiger partial charge in [-0.25, -0.2) is 4.79 Å². The molecular formula is C13H15F3O4. The van der Waals surface area contributed by atoms with Crippen molar-refractivity contribution in [3.05, 3.63) is 29.3 Å². The van der Waals surface area contributed by atoms with Crippen molar-refractivity contribution in [1.82, 2.24) is 0 Å². The molecule has 1 atom stereocenters. The Kier molecular flexibility index (Phi) is 5.38. The van der Waals surface area contributed by atoms with Crippen LogP contribution in [0.1, 0.15) is 18.1 Å². The smallest absolute Gasteiger partial charge is 0.416 e. The third-order valence-corrected chi connectivity index (χ3v) is 2.64. The number of alkyl halides is 3. The van der Waals surface area contributed by atoms with Gasteiger partial charge in [0.15, 0.2) is 6.10 Å². The maximum Gasteiger partial charge on any atom is 0.416 e. The molecule has 0 bridgehead atoms. The van der Waals surface area contributed by atoms with Gasteiger partial charge >= 0.3 is 12.1 Å². The van der Waals surface area contributed by atoms with E-state index in [1.807, 2.05) is 0 Å². The highest BCUT2D eigenvalue weighted by molar-refractivity contribution is 5.75. The monoisotopic (exact) mass is 292 g/mol. The number of rotatable bonds is 5. The average molecular weight is 292 g/mol. The van der Waals surface area contributed by atoms with Crippen molar-refractivity contribution >= 4 is 5.97 Å². The van der Waals surface area contributed by atoms with Crippen LogP contribution in [0.3, 0.4) is 0 Å². The minimum Gasteiger partial charge on any atom is -0.508 e. The number of hydrogen-bond acceptors (Lipinski definition) is 4. The van der Waals surface area contributed by atoms with Crippen molar-refractivity contribution in [3.8, 4) is 5.75 Å². The molecule has 20 heavy (non-hydrogen) atoms. The van der Waals surface area contributed by atoms with Gasteiger partial charge in [0.1, 0.15) is 5.75 Å². The summed E-state index contributed by atoms with van der Waals surface area (Å²) < 4.78 is 48.2. The lowest BCUT2D eigenvalue weighted by Crippen LogP contribution is -2.29. The maximum atomic E-state index is 12.9. The number of benzene rings is 1. The van der Waals surface area contributed by atoms with Crippen molar-refractivity contribution in [2.75, 3.05) is 13.7 Å². The van der Waals surface area contributed by atoms with Gasteiger partial charge in [0.2, 0.25) is 0 Å². The predicted molar refractivity (Wildman–Crippen MR) is 64.2 cm³/mol. The van der Waals surface area contributed by atoms with E-state index in [4.69, 9.17) is 4.74 Å². The first-order valence-corrected chi connectivity index (χ1v) is 5.88. The summed E-state index contributed by atoms with van der Waals surface area (Å²) in [4.78, 5) is 11.5. The first-order chi connectivity index (χ1) is 9.29. The van der Waals surface area contributed by atoms with Crippen molar-refractivity contribution in [1.29, 1.82) is 0 Å². The van der Waals surface area contributed by atoms with E-state index in [0.29, 0.717) is 6.07 Å². The first kappa shape index (κ1) is 16.3. The van der Waals surface area contributed by atoms with Crippen LogP contribution >= 0.6 is 0 Å². The zero-order valence-electron chi connectivity index (χ0n) is 11.0. The third kappa shape index (κ3) is 4.12. The molecule has 0 radical (unpaired) electrons. The Labute approximate surface area is 114 Å². The van der Waals surface area contributed by atoms with Gasteiger partial charge in [-0.3, -0.25) is 0 Å². The van der Waals surface area contributed by atoms with E-state index in [9.17, 15) is 23.1 Å². The number of halogens is 3. The molecule has 7 heteroatoms. The molecule has 0 saturated carbocycles. The Balaban J connectivity index is 3.09. The number of phenols is 1. The quantitative estimate of drug-likeness (QED) is 0.847. The normalized spacial score (nSPS) is 13.1. The zero-order chi connectivity index (χ0) is 15.3. The van der Waals surface area contributed by atoms with E-state index in [2.05, 4.69) is 4.74 Å². The van der Waals surface area contributed by atoms with Crippen molar-refractivity contribution < 1.29 is 32.5 Å². The molecule has 0 aromatic heterocycles. The minimum absolute atomic E-state index is 0.140. The van der Waals surface area contributed by atoms with Crippen LogP contribution in [0.15, 0.2) is 18.2 Å². The van der Waals surface area contributed by atoms with Gasteiger partial charge in [-0.2, -0.15) is 13.2 Å². The molecular weight excluding hydrogens is 277 g/mol. The molecule has 0 spiro atoms. The fourth-order valence-corrected chi connectivity index (χ4v) is 1.75. The SMILES string of the molecule is CCO[C@@H](Cc1ccc(O)cc1C(F)(F)F)C(=O)OC. The number of hydrogen-bond donors (Lipinski definition) is 1. The second-order valence-electron chi connectivity index (χ2n) is 4.01. The number of carbonyl (C=O) groups is 1. The van der Waals surface area contributed by atoms with E-state index in [-0.39, 0.29) is 18.6 Å². The van der Waals surface area contributed by atoms with E-state index >= 15 is 0 Å². The highest BCUT2D eigenvalue weighted by Crippen LogP contribution is 2.34. The molecule has 4 nitrogen and oxygen atoms in total. The molecule has 0 fully saturated rings. The molecule has 0 aliphatic rings. The van der Waals surface area contributed by atoms with Gasteiger partial charge in [-0.15, -0.1) is 0 Å². The average Bonchev–Trinajstić information content (AvgIpc) is 2.38. The summed E-state index contributed by atoms with van der Waals surface area (Å²) in [6, 6.07) is 2.87. The molecule has 0 aliphatic carbocycles. The molecule has 0 amide bonds. The van der Waals surface area contributed by atoms with E-state index < -0.39 is 29.6 Å². The molecule has 112 valence electrons. The zero-order valence-corrected chi connectivity index (χ0v) is 11.0. The summed E-state index contributed by atoms with van der Waals surface area (Å²) in [5.41, 5.74) is -1.13. The van der Waals surface area contributed by atoms with Crippen LogP contribution in [0, 0.1) is 0 Å². The van der Waals surface area contributed by atoms with Crippen LogP contribution < -0.4 is 0 Å².